The number of nitrogens with one attached hydrogen (secondary N) is 2. The number of hydrogen-bond donors (Lipinski definition) is 2. The molecule has 4 aromatic rings. The molecule has 0 spiro atoms. The van der Waals surface area contributed by atoms with Crippen molar-refractivity contribution < 1.29 is 9.59 Å². The van der Waals surface area contributed by atoms with Crippen molar-refractivity contribution >= 4 is 35.2 Å². The third-order valence-corrected chi connectivity index (χ3v) is 6.96. The summed E-state index contributed by atoms with van der Waals surface area (Å²) >= 11 is 0. The minimum Gasteiger partial charge on any atom is -0.325 e. The molecule has 186 valence electrons. The summed E-state index contributed by atoms with van der Waals surface area (Å²) in [6, 6.07) is 17.7. The highest BCUT2D eigenvalue weighted by Crippen LogP contribution is 2.37. The van der Waals surface area contributed by atoms with E-state index in [9.17, 15) is 9.59 Å². The van der Waals surface area contributed by atoms with E-state index in [4.69, 9.17) is 0 Å². The van der Waals surface area contributed by atoms with Gasteiger partial charge in [-0.1, -0.05) is 24.3 Å². The molecule has 0 aliphatic carbocycles. The Hall–Kier alpha value is -4.53. The van der Waals surface area contributed by atoms with Crippen molar-refractivity contribution in [1.29, 1.82) is 0 Å². The van der Waals surface area contributed by atoms with E-state index in [0.29, 0.717) is 17.9 Å². The van der Waals surface area contributed by atoms with Crippen LogP contribution in [0.1, 0.15) is 58.3 Å². The number of H-pyrrole nitrogens is 1. The molecule has 2 aliphatic heterocycles. The molecular weight excluding hydrogens is 466 g/mol. The highest BCUT2D eigenvalue weighted by molar-refractivity contribution is 6.12. The quantitative estimate of drug-likeness (QED) is 0.396. The fourth-order valence-electron chi connectivity index (χ4n) is 5.17. The Morgan fingerprint density at radius 1 is 1.03 bits per heavy atom. The van der Waals surface area contributed by atoms with Gasteiger partial charge in [-0.25, -0.2) is 9.67 Å². The topological polar surface area (TPSA) is 108 Å². The molecule has 1 atom stereocenters. The van der Waals surface area contributed by atoms with Crippen molar-refractivity contribution in [3.05, 3.63) is 88.4 Å². The van der Waals surface area contributed by atoms with Gasteiger partial charge in [-0.05, 0) is 75.1 Å². The van der Waals surface area contributed by atoms with E-state index in [1.54, 1.807) is 15.8 Å². The number of aromatic nitrogens is 4. The molecule has 0 radical (unpaired) electrons. The first-order chi connectivity index (χ1) is 17.7. The molecule has 2 aliphatic rings. The average Bonchev–Trinajstić information content (AvgIpc) is 3.58. The largest absolute Gasteiger partial charge is 0.325 e. The van der Waals surface area contributed by atoms with Crippen molar-refractivity contribution in [1.82, 2.24) is 20.0 Å². The van der Waals surface area contributed by atoms with Crippen LogP contribution in [0.2, 0.25) is 0 Å². The van der Waals surface area contributed by atoms with Crippen LogP contribution in [0.25, 0.3) is 0 Å². The fourth-order valence-corrected chi connectivity index (χ4v) is 5.17. The van der Waals surface area contributed by atoms with Gasteiger partial charge in [-0.3, -0.25) is 19.6 Å². The maximum Gasteiger partial charge on any atom is 0.278 e. The number of anilines is 2. The number of fused-ring (bicyclic) bond motifs is 2. The Morgan fingerprint density at radius 2 is 1.78 bits per heavy atom. The van der Waals surface area contributed by atoms with Crippen molar-refractivity contribution in [2.45, 2.75) is 45.7 Å². The van der Waals surface area contributed by atoms with Crippen LogP contribution in [-0.2, 0) is 16.9 Å². The van der Waals surface area contributed by atoms with Crippen LogP contribution in [0, 0.1) is 13.8 Å². The van der Waals surface area contributed by atoms with Gasteiger partial charge in [0.2, 0.25) is 5.91 Å². The first-order valence-corrected chi connectivity index (χ1v) is 12.2. The normalized spacial score (nSPS) is 17.9. The molecule has 9 nitrogen and oxygen atoms in total. The second kappa shape index (κ2) is 8.26. The first kappa shape index (κ1) is 22.9. The molecule has 0 saturated heterocycles. The lowest BCUT2D eigenvalue weighted by Crippen LogP contribution is -2.43. The Bertz CT molecular complexity index is 1580. The summed E-state index contributed by atoms with van der Waals surface area (Å²) in [5.41, 5.74) is 6.50. The van der Waals surface area contributed by atoms with Gasteiger partial charge in [0, 0.05) is 29.3 Å². The predicted octanol–water partition coefficient (Wildman–Crippen LogP) is 4.61. The predicted molar refractivity (Wildman–Crippen MR) is 142 cm³/mol. The minimum absolute atomic E-state index is 0.0492. The molecule has 2 aromatic carbocycles. The molecule has 0 bridgehead atoms. The summed E-state index contributed by atoms with van der Waals surface area (Å²) in [6.07, 6.45) is 2.35. The Balaban J connectivity index is 1.21. The SMILES string of the molecule is Cc1cc2n(n1)C(C)(C)N(c1ccc(Cc3ccc4c(c3)C(C=Nc3cc(C)[nH]n3)C(=O)N4)cc1)C2=O. The lowest BCUT2D eigenvalue weighted by atomic mass is 9.96. The average molecular weight is 494 g/mol. The Labute approximate surface area is 214 Å². The molecule has 9 heteroatoms. The van der Waals surface area contributed by atoms with Crippen LogP contribution in [0.4, 0.5) is 17.2 Å². The number of carbonyl (C=O) groups excluding carboxylic acids is 2. The standard InChI is InChI=1S/C28H27N7O2/c1-16-12-25(32-31-16)29-15-22-21-14-19(7-10-23(21)30-26(22)36)13-18-5-8-20(9-6-18)34-27(37)24-11-17(2)33-35(24)28(34,3)4/h5-12,14-15,22H,13H2,1-4H3,(H,30,36)(H,31,32). The molecule has 0 fully saturated rings. The number of benzene rings is 2. The van der Waals surface area contributed by atoms with Crippen LogP contribution in [0.3, 0.4) is 0 Å². The van der Waals surface area contributed by atoms with Gasteiger partial charge in [0.05, 0.1) is 5.69 Å². The van der Waals surface area contributed by atoms with E-state index in [1.165, 1.54) is 0 Å². The maximum atomic E-state index is 13.1. The molecule has 1 unspecified atom stereocenters. The summed E-state index contributed by atoms with van der Waals surface area (Å²) in [5.74, 6) is -0.0616. The Morgan fingerprint density at radius 3 is 2.49 bits per heavy atom. The zero-order valence-electron chi connectivity index (χ0n) is 21.1. The molecule has 2 aromatic heterocycles. The summed E-state index contributed by atoms with van der Waals surface area (Å²) in [6.45, 7) is 7.79. The molecule has 37 heavy (non-hydrogen) atoms. The zero-order valence-corrected chi connectivity index (χ0v) is 21.1. The number of rotatable bonds is 5. The molecule has 0 saturated carbocycles. The third-order valence-electron chi connectivity index (χ3n) is 6.96. The molecule has 6 rings (SSSR count). The number of aliphatic imine (C=N–C) groups is 1. The highest BCUT2D eigenvalue weighted by atomic mass is 16.2. The first-order valence-electron chi connectivity index (χ1n) is 12.2. The molecule has 2 N–H and O–H groups in total. The van der Waals surface area contributed by atoms with Gasteiger partial charge in [0.1, 0.15) is 17.3 Å². The van der Waals surface area contributed by atoms with Gasteiger partial charge in [0.15, 0.2) is 5.82 Å². The molecule has 2 amide bonds. The van der Waals surface area contributed by atoms with E-state index in [-0.39, 0.29) is 11.8 Å². The van der Waals surface area contributed by atoms with E-state index >= 15 is 0 Å². The second-order valence-electron chi connectivity index (χ2n) is 10.1. The lowest BCUT2D eigenvalue weighted by Gasteiger charge is -2.32. The summed E-state index contributed by atoms with van der Waals surface area (Å²) in [4.78, 5) is 31.9. The lowest BCUT2D eigenvalue weighted by molar-refractivity contribution is -0.115. The summed E-state index contributed by atoms with van der Waals surface area (Å²) in [7, 11) is 0. The van der Waals surface area contributed by atoms with Gasteiger partial charge < -0.3 is 5.32 Å². The van der Waals surface area contributed by atoms with Gasteiger partial charge in [-0.15, -0.1) is 0 Å². The van der Waals surface area contributed by atoms with Crippen LogP contribution < -0.4 is 10.2 Å². The number of carbonyl (C=O) groups is 2. The third kappa shape index (κ3) is 3.83. The van der Waals surface area contributed by atoms with Crippen molar-refractivity contribution in [3.63, 3.8) is 0 Å². The summed E-state index contributed by atoms with van der Waals surface area (Å²) < 4.78 is 1.80. The van der Waals surface area contributed by atoms with E-state index in [0.717, 1.165) is 39.5 Å². The van der Waals surface area contributed by atoms with E-state index < -0.39 is 11.6 Å². The highest BCUT2D eigenvalue weighted by Gasteiger charge is 2.45. The minimum atomic E-state index is -0.590. The van der Waals surface area contributed by atoms with Crippen LogP contribution in [0.5, 0.6) is 0 Å². The second-order valence-corrected chi connectivity index (χ2v) is 10.1. The van der Waals surface area contributed by atoms with E-state index in [1.807, 2.05) is 76.2 Å². The van der Waals surface area contributed by atoms with Crippen LogP contribution in [0.15, 0.2) is 59.6 Å². The smallest absolute Gasteiger partial charge is 0.278 e. The van der Waals surface area contributed by atoms with Crippen LogP contribution >= 0.6 is 0 Å². The van der Waals surface area contributed by atoms with Crippen molar-refractivity contribution in [2.75, 3.05) is 10.2 Å². The van der Waals surface area contributed by atoms with E-state index in [2.05, 4.69) is 31.7 Å². The monoisotopic (exact) mass is 493 g/mol. The maximum absolute atomic E-state index is 13.1. The summed E-state index contributed by atoms with van der Waals surface area (Å²) in [5, 5.41) is 14.4. The van der Waals surface area contributed by atoms with Gasteiger partial charge in [0.25, 0.3) is 5.91 Å². The number of hydrogen-bond acceptors (Lipinski definition) is 5. The van der Waals surface area contributed by atoms with Crippen molar-refractivity contribution in [3.8, 4) is 0 Å². The number of aryl methyl sites for hydroxylation is 2. The molecular formula is C28H27N7O2. The zero-order chi connectivity index (χ0) is 25.9. The Kier molecular flexibility index (Phi) is 5.11. The van der Waals surface area contributed by atoms with Crippen LogP contribution in [-0.4, -0.2) is 38.0 Å². The number of amides is 2. The van der Waals surface area contributed by atoms with Crippen molar-refractivity contribution in [2.24, 2.45) is 4.99 Å². The fraction of sp³-hybridized carbons (Fsp3) is 0.250. The van der Waals surface area contributed by atoms with Gasteiger partial charge in [-0.2, -0.15) is 10.2 Å². The number of aromatic amines is 1. The van der Waals surface area contributed by atoms with Gasteiger partial charge >= 0.3 is 0 Å². The molecule has 4 heterocycles. The number of nitrogens with zero attached hydrogens (tertiary/aromatic N) is 5.